The van der Waals surface area contributed by atoms with Gasteiger partial charge in [-0.15, -0.1) is 0 Å². The molecule has 2 N–H and O–H groups in total. The number of hydrogen-bond acceptors (Lipinski definition) is 3. The number of carbonyl (C=O) groups excluding carboxylic acids is 1. The molecule has 1 fully saturated rings. The van der Waals surface area contributed by atoms with Crippen LogP contribution in [0.4, 0.5) is 8.78 Å². The number of halogens is 2. The number of nitrogens with one attached hydrogen (secondary N) is 1. The molecule has 0 spiro atoms. The van der Waals surface area contributed by atoms with E-state index >= 15 is 0 Å². The van der Waals surface area contributed by atoms with Crippen molar-refractivity contribution in [2.75, 3.05) is 6.54 Å². The van der Waals surface area contributed by atoms with Gasteiger partial charge in [-0.2, -0.15) is 8.78 Å². The SMILES string of the molecule is CC1CCCC(C(=O)NCC(O)c2ccc(OC(F)F)cc2)C1. The maximum atomic E-state index is 12.1. The maximum Gasteiger partial charge on any atom is 0.387 e. The van der Waals surface area contributed by atoms with Gasteiger partial charge in [0, 0.05) is 12.5 Å². The Labute approximate surface area is 134 Å². The van der Waals surface area contributed by atoms with Crippen molar-refractivity contribution in [2.45, 2.75) is 45.3 Å². The number of hydrogen-bond donors (Lipinski definition) is 2. The van der Waals surface area contributed by atoms with Crippen molar-refractivity contribution in [3.05, 3.63) is 29.8 Å². The van der Waals surface area contributed by atoms with E-state index in [0.29, 0.717) is 11.5 Å². The molecule has 4 nitrogen and oxygen atoms in total. The predicted molar refractivity (Wildman–Crippen MR) is 82.2 cm³/mol. The predicted octanol–water partition coefficient (Wildman–Crippen LogP) is 3.26. The molecule has 23 heavy (non-hydrogen) atoms. The van der Waals surface area contributed by atoms with Gasteiger partial charge < -0.3 is 15.2 Å². The van der Waals surface area contributed by atoms with E-state index in [1.165, 1.54) is 30.7 Å². The Morgan fingerprint density at radius 1 is 1.35 bits per heavy atom. The van der Waals surface area contributed by atoms with Gasteiger partial charge in [0.2, 0.25) is 5.91 Å². The molecule has 1 aromatic carbocycles. The number of benzene rings is 1. The number of aliphatic hydroxyl groups is 1. The first-order valence-corrected chi connectivity index (χ1v) is 7.96. The van der Waals surface area contributed by atoms with E-state index in [2.05, 4.69) is 17.0 Å². The van der Waals surface area contributed by atoms with Crippen LogP contribution < -0.4 is 10.1 Å². The fraction of sp³-hybridized carbons (Fsp3) is 0.588. The molecule has 0 aromatic heterocycles. The lowest BCUT2D eigenvalue weighted by molar-refractivity contribution is -0.126. The smallest absolute Gasteiger partial charge is 0.387 e. The van der Waals surface area contributed by atoms with Crippen molar-refractivity contribution >= 4 is 5.91 Å². The van der Waals surface area contributed by atoms with E-state index in [-0.39, 0.29) is 24.1 Å². The molecule has 0 bridgehead atoms. The Bertz CT molecular complexity index is 507. The van der Waals surface area contributed by atoms with Crippen molar-refractivity contribution < 1.29 is 23.4 Å². The molecule has 2 rings (SSSR count). The minimum absolute atomic E-state index is 0.0201. The number of amides is 1. The third-order valence-corrected chi connectivity index (χ3v) is 4.27. The second-order valence-electron chi connectivity index (χ2n) is 6.18. The van der Waals surface area contributed by atoms with Crippen molar-refractivity contribution in [2.24, 2.45) is 11.8 Å². The molecule has 3 unspecified atom stereocenters. The highest BCUT2D eigenvalue weighted by atomic mass is 19.3. The van der Waals surface area contributed by atoms with Gasteiger partial charge in [-0.05, 0) is 36.5 Å². The Morgan fingerprint density at radius 3 is 2.65 bits per heavy atom. The standard InChI is InChI=1S/C17H23F2NO3/c1-11-3-2-4-13(9-11)16(22)20-10-15(21)12-5-7-14(8-6-12)23-17(18)19/h5-8,11,13,15,17,21H,2-4,9-10H2,1H3,(H,20,22). The third-order valence-electron chi connectivity index (χ3n) is 4.27. The van der Waals surface area contributed by atoms with Crippen molar-refractivity contribution in [1.29, 1.82) is 0 Å². The Kier molecular flexibility index (Phi) is 6.33. The number of aliphatic hydroxyl groups excluding tert-OH is 1. The van der Waals surface area contributed by atoms with Crippen LogP contribution in [0.15, 0.2) is 24.3 Å². The van der Waals surface area contributed by atoms with Gasteiger partial charge in [0.1, 0.15) is 5.75 Å². The summed E-state index contributed by atoms with van der Waals surface area (Å²) < 4.78 is 28.4. The summed E-state index contributed by atoms with van der Waals surface area (Å²) >= 11 is 0. The zero-order valence-electron chi connectivity index (χ0n) is 13.2. The summed E-state index contributed by atoms with van der Waals surface area (Å²) in [4.78, 5) is 12.1. The average molecular weight is 327 g/mol. The normalized spacial score (nSPS) is 22.7. The van der Waals surface area contributed by atoms with Crippen LogP contribution in [0, 0.1) is 11.8 Å². The monoisotopic (exact) mass is 327 g/mol. The molecular formula is C17H23F2NO3. The van der Waals surface area contributed by atoms with Crippen LogP contribution in [0.5, 0.6) is 5.75 Å². The summed E-state index contributed by atoms with van der Waals surface area (Å²) in [6, 6.07) is 5.76. The topological polar surface area (TPSA) is 58.6 Å². The molecule has 1 aromatic rings. The molecule has 128 valence electrons. The van der Waals surface area contributed by atoms with Gasteiger partial charge in [0.25, 0.3) is 0 Å². The van der Waals surface area contributed by atoms with Crippen LogP contribution in [0.2, 0.25) is 0 Å². The summed E-state index contributed by atoms with van der Waals surface area (Å²) in [6.45, 7) is -0.612. The largest absolute Gasteiger partial charge is 0.435 e. The van der Waals surface area contributed by atoms with Crippen molar-refractivity contribution in [3.63, 3.8) is 0 Å². The number of ether oxygens (including phenoxy) is 1. The summed E-state index contributed by atoms with van der Waals surface area (Å²) in [7, 11) is 0. The highest BCUT2D eigenvalue weighted by Crippen LogP contribution is 2.28. The summed E-state index contributed by atoms with van der Waals surface area (Å²) in [5, 5.41) is 12.9. The molecule has 1 aliphatic carbocycles. The third kappa shape index (κ3) is 5.46. The zero-order chi connectivity index (χ0) is 16.8. The van der Waals surface area contributed by atoms with Crippen molar-refractivity contribution in [1.82, 2.24) is 5.32 Å². The number of alkyl halides is 2. The fourth-order valence-electron chi connectivity index (χ4n) is 3.00. The number of carbonyl (C=O) groups is 1. The lowest BCUT2D eigenvalue weighted by Crippen LogP contribution is -2.35. The van der Waals surface area contributed by atoms with Crippen LogP contribution in [0.3, 0.4) is 0 Å². The minimum Gasteiger partial charge on any atom is -0.435 e. The Balaban J connectivity index is 1.81. The molecule has 1 aliphatic rings. The van der Waals surface area contributed by atoms with Gasteiger partial charge >= 0.3 is 6.61 Å². The van der Waals surface area contributed by atoms with E-state index in [9.17, 15) is 18.7 Å². The number of rotatable bonds is 6. The van der Waals surface area contributed by atoms with Crippen LogP contribution in [-0.4, -0.2) is 24.2 Å². The first kappa shape index (κ1) is 17.7. The minimum atomic E-state index is -2.87. The molecule has 1 amide bonds. The molecule has 0 aliphatic heterocycles. The summed E-state index contributed by atoms with van der Waals surface area (Å²) in [5.74, 6) is 0.601. The molecule has 0 radical (unpaired) electrons. The van der Waals surface area contributed by atoms with Crippen LogP contribution in [0.25, 0.3) is 0 Å². The molecular weight excluding hydrogens is 304 g/mol. The van der Waals surface area contributed by atoms with E-state index in [4.69, 9.17) is 0 Å². The highest BCUT2D eigenvalue weighted by Gasteiger charge is 2.25. The molecule has 0 saturated heterocycles. The first-order valence-electron chi connectivity index (χ1n) is 7.96. The molecule has 0 heterocycles. The van der Waals surface area contributed by atoms with Gasteiger partial charge in [-0.1, -0.05) is 31.9 Å². The lowest BCUT2D eigenvalue weighted by atomic mass is 9.82. The van der Waals surface area contributed by atoms with Crippen LogP contribution in [-0.2, 0) is 4.79 Å². The van der Waals surface area contributed by atoms with Crippen LogP contribution in [0.1, 0.15) is 44.3 Å². The van der Waals surface area contributed by atoms with Crippen molar-refractivity contribution in [3.8, 4) is 5.75 Å². The first-order chi connectivity index (χ1) is 11.0. The highest BCUT2D eigenvalue weighted by molar-refractivity contribution is 5.78. The second-order valence-corrected chi connectivity index (χ2v) is 6.18. The molecule has 1 saturated carbocycles. The van der Waals surface area contributed by atoms with Gasteiger partial charge in [0.05, 0.1) is 6.10 Å². The quantitative estimate of drug-likeness (QED) is 0.843. The molecule has 6 heteroatoms. The fourth-order valence-corrected chi connectivity index (χ4v) is 3.00. The lowest BCUT2D eigenvalue weighted by Gasteiger charge is -2.26. The molecule has 3 atom stereocenters. The van der Waals surface area contributed by atoms with Gasteiger partial charge in [0.15, 0.2) is 0 Å². The maximum absolute atomic E-state index is 12.1. The van der Waals surface area contributed by atoms with E-state index < -0.39 is 12.7 Å². The zero-order valence-corrected chi connectivity index (χ0v) is 13.2. The van der Waals surface area contributed by atoms with E-state index in [1.54, 1.807) is 0 Å². The summed E-state index contributed by atoms with van der Waals surface area (Å²) in [6.07, 6.45) is 3.14. The Morgan fingerprint density at radius 2 is 2.04 bits per heavy atom. The van der Waals surface area contributed by atoms with E-state index in [1.807, 2.05) is 0 Å². The second kappa shape index (κ2) is 8.24. The Hall–Kier alpha value is -1.69. The van der Waals surface area contributed by atoms with Gasteiger partial charge in [-0.3, -0.25) is 4.79 Å². The van der Waals surface area contributed by atoms with Gasteiger partial charge in [-0.25, -0.2) is 0 Å². The average Bonchev–Trinajstić information content (AvgIpc) is 2.52. The van der Waals surface area contributed by atoms with E-state index in [0.717, 1.165) is 19.3 Å². The van der Waals surface area contributed by atoms with Crippen LogP contribution >= 0.6 is 0 Å². The summed E-state index contributed by atoms with van der Waals surface area (Å²) in [5.41, 5.74) is 0.545.